The number of benzene rings is 2. The van der Waals surface area contributed by atoms with E-state index in [1.165, 1.54) is 0 Å². The number of hydrogen-bond acceptors (Lipinski definition) is 2. The first kappa shape index (κ1) is 13.1. The van der Waals surface area contributed by atoms with Gasteiger partial charge in [-0.2, -0.15) is 0 Å². The molecule has 0 saturated carbocycles. The molecule has 0 atom stereocenters. The topological polar surface area (TPSA) is 34.9 Å². The van der Waals surface area contributed by atoms with Gasteiger partial charge in [0.1, 0.15) is 5.69 Å². The van der Waals surface area contributed by atoms with Crippen LogP contribution in [0.15, 0.2) is 57.8 Å². The summed E-state index contributed by atoms with van der Waals surface area (Å²) in [5.74, 6) is 0. The van der Waals surface area contributed by atoms with Crippen molar-refractivity contribution in [3.05, 3.63) is 74.6 Å². The SMILES string of the molecule is Cn1c(=O)c(Cc2cccc(Br)c2)nc2ccccc21. The molecule has 0 aliphatic rings. The average molecular weight is 329 g/mol. The zero-order chi connectivity index (χ0) is 14.1. The number of nitrogens with zero attached hydrogens (tertiary/aromatic N) is 2. The van der Waals surface area contributed by atoms with Gasteiger partial charge in [-0.3, -0.25) is 4.79 Å². The van der Waals surface area contributed by atoms with Crippen molar-refractivity contribution < 1.29 is 0 Å². The normalized spacial score (nSPS) is 10.9. The highest BCUT2D eigenvalue weighted by atomic mass is 79.9. The third-order valence-corrected chi connectivity index (χ3v) is 3.80. The van der Waals surface area contributed by atoms with Crippen LogP contribution in [0.5, 0.6) is 0 Å². The lowest BCUT2D eigenvalue weighted by Gasteiger charge is -2.08. The van der Waals surface area contributed by atoms with Crippen molar-refractivity contribution in [2.75, 3.05) is 0 Å². The summed E-state index contributed by atoms with van der Waals surface area (Å²) in [7, 11) is 1.79. The van der Waals surface area contributed by atoms with E-state index in [1.807, 2.05) is 48.5 Å². The summed E-state index contributed by atoms with van der Waals surface area (Å²) < 4.78 is 2.67. The third-order valence-electron chi connectivity index (χ3n) is 3.31. The van der Waals surface area contributed by atoms with Gasteiger partial charge in [-0.25, -0.2) is 4.98 Å². The van der Waals surface area contributed by atoms with Crippen LogP contribution in [0.2, 0.25) is 0 Å². The van der Waals surface area contributed by atoms with Crippen molar-refractivity contribution in [2.24, 2.45) is 7.05 Å². The van der Waals surface area contributed by atoms with Crippen molar-refractivity contribution in [2.45, 2.75) is 6.42 Å². The van der Waals surface area contributed by atoms with E-state index in [2.05, 4.69) is 20.9 Å². The van der Waals surface area contributed by atoms with Crippen molar-refractivity contribution in [3.63, 3.8) is 0 Å². The quantitative estimate of drug-likeness (QED) is 0.723. The molecule has 20 heavy (non-hydrogen) atoms. The number of aryl methyl sites for hydroxylation is 1. The minimum absolute atomic E-state index is 0.0383. The molecule has 0 unspecified atom stereocenters. The summed E-state index contributed by atoms with van der Waals surface area (Å²) >= 11 is 3.44. The van der Waals surface area contributed by atoms with Gasteiger partial charge in [0.25, 0.3) is 5.56 Å². The Morgan fingerprint density at radius 3 is 2.75 bits per heavy atom. The first-order valence-electron chi connectivity index (χ1n) is 6.34. The summed E-state index contributed by atoms with van der Waals surface area (Å²) in [6.07, 6.45) is 0.539. The van der Waals surface area contributed by atoms with Crippen molar-refractivity contribution in [3.8, 4) is 0 Å². The summed E-state index contributed by atoms with van der Waals surface area (Å²) in [5.41, 5.74) is 3.31. The van der Waals surface area contributed by atoms with Gasteiger partial charge in [-0.05, 0) is 29.8 Å². The summed E-state index contributed by atoms with van der Waals surface area (Å²) in [6, 6.07) is 15.6. The maximum absolute atomic E-state index is 12.4. The highest BCUT2D eigenvalue weighted by molar-refractivity contribution is 9.10. The Labute approximate surface area is 125 Å². The van der Waals surface area contributed by atoms with E-state index >= 15 is 0 Å². The van der Waals surface area contributed by atoms with Gasteiger partial charge in [0.15, 0.2) is 0 Å². The van der Waals surface area contributed by atoms with Crippen LogP contribution in [0.4, 0.5) is 0 Å². The smallest absolute Gasteiger partial charge is 0.272 e. The Balaban J connectivity index is 2.12. The van der Waals surface area contributed by atoms with Crippen molar-refractivity contribution >= 4 is 27.0 Å². The lowest BCUT2D eigenvalue weighted by atomic mass is 10.1. The van der Waals surface area contributed by atoms with Gasteiger partial charge in [-0.1, -0.05) is 40.2 Å². The Bertz CT molecular complexity index is 839. The minimum atomic E-state index is -0.0383. The van der Waals surface area contributed by atoms with Crippen molar-refractivity contribution in [1.82, 2.24) is 9.55 Å². The van der Waals surface area contributed by atoms with Crippen LogP contribution in [0.3, 0.4) is 0 Å². The zero-order valence-corrected chi connectivity index (χ0v) is 12.6. The van der Waals surface area contributed by atoms with Gasteiger partial charge in [0.2, 0.25) is 0 Å². The number of hydrogen-bond donors (Lipinski definition) is 0. The van der Waals surface area contributed by atoms with E-state index in [9.17, 15) is 4.79 Å². The molecule has 3 nitrogen and oxygen atoms in total. The Hall–Kier alpha value is -1.94. The Morgan fingerprint density at radius 2 is 1.95 bits per heavy atom. The molecule has 0 N–H and O–H groups in total. The number of halogens is 1. The fraction of sp³-hybridized carbons (Fsp3) is 0.125. The summed E-state index contributed by atoms with van der Waals surface area (Å²) in [4.78, 5) is 16.9. The van der Waals surface area contributed by atoms with Crippen LogP contribution in [-0.4, -0.2) is 9.55 Å². The largest absolute Gasteiger partial charge is 0.308 e. The maximum atomic E-state index is 12.4. The summed E-state index contributed by atoms with van der Waals surface area (Å²) in [6.45, 7) is 0. The molecular weight excluding hydrogens is 316 g/mol. The van der Waals surface area contributed by atoms with Gasteiger partial charge < -0.3 is 4.57 Å². The van der Waals surface area contributed by atoms with Crippen LogP contribution in [0, 0.1) is 0 Å². The molecule has 0 saturated heterocycles. The van der Waals surface area contributed by atoms with Crippen LogP contribution < -0.4 is 5.56 Å². The first-order chi connectivity index (χ1) is 9.65. The Kier molecular flexibility index (Phi) is 3.40. The van der Waals surface area contributed by atoms with E-state index in [0.29, 0.717) is 12.1 Å². The zero-order valence-electron chi connectivity index (χ0n) is 11.0. The second-order valence-electron chi connectivity index (χ2n) is 4.72. The monoisotopic (exact) mass is 328 g/mol. The molecule has 0 radical (unpaired) electrons. The van der Waals surface area contributed by atoms with Gasteiger partial charge in [0.05, 0.1) is 11.0 Å². The van der Waals surface area contributed by atoms with Crippen LogP contribution in [0.1, 0.15) is 11.3 Å². The third kappa shape index (κ3) is 2.39. The molecule has 3 aromatic rings. The second-order valence-corrected chi connectivity index (χ2v) is 5.63. The molecule has 0 aliphatic carbocycles. The van der Waals surface area contributed by atoms with E-state index < -0.39 is 0 Å². The standard InChI is InChI=1S/C16H13BrN2O/c1-19-15-8-3-2-7-13(15)18-14(16(19)20)10-11-5-4-6-12(17)9-11/h2-9H,10H2,1H3. The number of fused-ring (bicyclic) bond motifs is 1. The van der Waals surface area contributed by atoms with Gasteiger partial charge >= 0.3 is 0 Å². The molecule has 1 heterocycles. The Morgan fingerprint density at radius 1 is 1.15 bits per heavy atom. The van der Waals surface area contributed by atoms with Crippen molar-refractivity contribution in [1.29, 1.82) is 0 Å². The molecule has 100 valence electrons. The fourth-order valence-corrected chi connectivity index (χ4v) is 2.74. The van der Waals surface area contributed by atoms with Gasteiger partial charge in [-0.15, -0.1) is 0 Å². The molecule has 0 spiro atoms. The average Bonchev–Trinajstić information content (AvgIpc) is 2.45. The van der Waals surface area contributed by atoms with E-state index in [-0.39, 0.29) is 5.56 Å². The second kappa shape index (κ2) is 5.21. The van der Waals surface area contributed by atoms with Crippen LogP contribution in [-0.2, 0) is 13.5 Å². The van der Waals surface area contributed by atoms with E-state index in [0.717, 1.165) is 21.1 Å². The van der Waals surface area contributed by atoms with Gasteiger partial charge in [0, 0.05) is 17.9 Å². The number of para-hydroxylation sites is 2. The highest BCUT2D eigenvalue weighted by Crippen LogP contribution is 2.15. The van der Waals surface area contributed by atoms with E-state index in [1.54, 1.807) is 11.6 Å². The molecular formula is C16H13BrN2O. The lowest BCUT2D eigenvalue weighted by Crippen LogP contribution is -2.23. The molecule has 0 aliphatic heterocycles. The maximum Gasteiger partial charge on any atom is 0.272 e. The molecule has 0 fully saturated rings. The molecule has 4 heteroatoms. The fourth-order valence-electron chi connectivity index (χ4n) is 2.29. The molecule has 0 bridgehead atoms. The predicted molar refractivity (Wildman–Crippen MR) is 83.9 cm³/mol. The van der Waals surface area contributed by atoms with E-state index in [4.69, 9.17) is 0 Å². The summed E-state index contributed by atoms with van der Waals surface area (Å²) in [5, 5.41) is 0. The predicted octanol–water partition coefficient (Wildman–Crippen LogP) is 3.29. The first-order valence-corrected chi connectivity index (χ1v) is 7.13. The minimum Gasteiger partial charge on any atom is -0.308 e. The van der Waals surface area contributed by atoms with Crippen LogP contribution >= 0.6 is 15.9 Å². The molecule has 0 amide bonds. The molecule has 2 aromatic carbocycles. The van der Waals surface area contributed by atoms with Crippen LogP contribution in [0.25, 0.3) is 11.0 Å². The molecule has 3 rings (SSSR count). The molecule has 1 aromatic heterocycles. The number of rotatable bonds is 2. The number of aromatic nitrogens is 2. The highest BCUT2D eigenvalue weighted by Gasteiger charge is 2.09. The lowest BCUT2D eigenvalue weighted by molar-refractivity contribution is 0.855.